The first-order valence-corrected chi connectivity index (χ1v) is 10.9. The zero-order valence-electron chi connectivity index (χ0n) is 18.6. The summed E-state index contributed by atoms with van der Waals surface area (Å²) in [6, 6.07) is 25.6. The van der Waals surface area contributed by atoms with E-state index in [1.807, 2.05) is 79.7 Å². The lowest BCUT2D eigenvalue weighted by atomic mass is 10.1. The van der Waals surface area contributed by atoms with Crippen LogP contribution in [0.25, 0.3) is 10.9 Å². The minimum Gasteiger partial charge on any atom is -0.489 e. The number of nitrogens with zero attached hydrogens (tertiary/aromatic N) is 4. The van der Waals surface area contributed by atoms with Crippen LogP contribution in [0.15, 0.2) is 78.9 Å². The van der Waals surface area contributed by atoms with E-state index in [0.29, 0.717) is 19.0 Å². The fraction of sp³-hybridized carbons (Fsp3) is 0.154. The Morgan fingerprint density at radius 3 is 2.35 bits per heavy atom. The van der Waals surface area contributed by atoms with Gasteiger partial charge in [-0.1, -0.05) is 36.4 Å². The van der Waals surface area contributed by atoms with Gasteiger partial charge in [-0.25, -0.2) is 10.1 Å². The van der Waals surface area contributed by atoms with Crippen LogP contribution in [-0.2, 0) is 19.8 Å². The van der Waals surface area contributed by atoms with Crippen molar-refractivity contribution in [2.75, 3.05) is 0 Å². The van der Waals surface area contributed by atoms with Gasteiger partial charge in [0.05, 0.1) is 11.2 Å². The maximum Gasteiger partial charge on any atom is 0.186 e. The van der Waals surface area contributed by atoms with Crippen LogP contribution in [0.1, 0.15) is 22.6 Å². The molecule has 8 heteroatoms. The molecule has 0 aliphatic carbocycles. The number of para-hydroxylation sites is 1. The molecule has 5 rings (SSSR count). The van der Waals surface area contributed by atoms with E-state index < -0.39 is 0 Å². The van der Waals surface area contributed by atoms with Crippen LogP contribution in [-0.4, -0.2) is 25.6 Å². The normalized spacial score (nSPS) is 10.9. The molecular weight excluding hydrogens is 430 g/mol. The lowest BCUT2D eigenvalue weighted by Gasteiger charge is -2.12. The topological polar surface area (TPSA) is 95.0 Å². The van der Waals surface area contributed by atoms with E-state index in [1.54, 1.807) is 0 Å². The summed E-state index contributed by atoms with van der Waals surface area (Å²) in [5.74, 6) is 2.79. The van der Waals surface area contributed by atoms with E-state index in [-0.39, 0.29) is 6.61 Å². The Bertz CT molecular complexity index is 1390. The highest BCUT2D eigenvalue weighted by Gasteiger charge is 2.06. The second kappa shape index (κ2) is 9.99. The fourth-order valence-electron chi connectivity index (χ4n) is 3.47. The molecule has 0 atom stereocenters. The van der Waals surface area contributed by atoms with Crippen molar-refractivity contribution in [2.45, 2.75) is 26.7 Å². The molecule has 0 aliphatic heterocycles. The van der Waals surface area contributed by atoms with Crippen LogP contribution >= 0.6 is 0 Å². The van der Waals surface area contributed by atoms with Crippen molar-refractivity contribution in [1.82, 2.24) is 25.6 Å². The van der Waals surface area contributed by atoms with Gasteiger partial charge in [0.25, 0.3) is 0 Å². The predicted molar refractivity (Wildman–Crippen MR) is 127 cm³/mol. The summed E-state index contributed by atoms with van der Waals surface area (Å²) in [7, 11) is 0. The Kier molecular flexibility index (Phi) is 6.29. The average Bonchev–Trinajstić information content (AvgIpc) is 3.40. The number of hydrogen-bond acceptors (Lipinski definition) is 7. The molecule has 8 nitrogen and oxygen atoms in total. The molecule has 170 valence electrons. The van der Waals surface area contributed by atoms with Crippen molar-refractivity contribution in [3.8, 4) is 17.2 Å². The number of aryl methyl sites for hydroxylation is 1. The quantitative estimate of drug-likeness (QED) is 0.343. The van der Waals surface area contributed by atoms with Crippen molar-refractivity contribution in [3.63, 3.8) is 0 Å². The van der Waals surface area contributed by atoms with E-state index in [4.69, 9.17) is 14.2 Å². The molecule has 34 heavy (non-hydrogen) atoms. The van der Waals surface area contributed by atoms with Crippen molar-refractivity contribution in [1.29, 1.82) is 0 Å². The van der Waals surface area contributed by atoms with Crippen molar-refractivity contribution >= 4 is 10.9 Å². The van der Waals surface area contributed by atoms with Gasteiger partial charge in [-0.15, -0.1) is 5.10 Å². The van der Waals surface area contributed by atoms with Crippen molar-refractivity contribution in [2.24, 2.45) is 0 Å². The van der Waals surface area contributed by atoms with Crippen LogP contribution in [0.2, 0.25) is 0 Å². The standard InChI is InChI=1S/C26H23N5O3/c1-18-13-24(34-17-26-28-30-31-29-26)12-10-20(18)15-32-22-6-4-7-23(14-22)33-16-21-11-9-19-5-2-3-8-25(19)27-21/h2-14H,15-17H2,1H3,(H,28,29,30,31). The molecule has 0 radical (unpaired) electrons. The third-order valence-electron chi connectivity index (χ3n) is 5.32. The van der Waals surface area contributed by atoms with Crippen LogP contribution in [0.5, 0.6) is 17.2 Å². The van der Waals surface area contributed by atoms with Gasteiger partial charge in [-0.05, 0) is 64.9 Å². The van der Waals surface area contributed by atoms with Crippen molar-refractivity contribution in [3.05, 3.63) is 102 Å². The number of hydrogen-bond donors (Lipinski definition) is 1. The number of tetrazole rings is 1. The molecule has 2 aromatic heterocycles. The van der Waals surface area contributed by atoms with E-state index >= 15 is 0 Å². The van der Waals surface area contributed by atoms with E-state index in [9.17, 15) is 0 Å². The smallest absolute Gasteiger partial charge is 0.186 e. The van der Waals surface area contributed by atoms with Crippen LogP contribution < -0.4 is 14.2 Å². The van der Waals surface area contributed by atoms with E-state index in [2.05, 4.69) is 31.7 Å². The van der Waals surface area contributed by atoms with Gasteiger partial charge in [0.15, 0.2) is 5.82 Å². The number of rotatable bonds is 9. The van der Waals surface area contributed by atoms with Gasteiger partial charge >= 0.3 is 0 Å². The lowest BCUT2D eigenvalue weighted by molar-refractivity contribution is 0.286. The number of fused-ring (bicyclic) bond motifs is 1. The number of benzene rings is 3. The summed E-state index contributed by atoms with van der Waals surface area (Å²) in [6.07, 6.45) is 0. The molecule has 3 aromatic carbocycles. The molecule has 0 aliphatic rings. The van der Waals surface area contributed by atoms with E-state index in [0.717, 1.165) is 45.0 Å². The van der Waals surface area contributed by atoms with Crippen molar-refractivity contribution < 1.29 is 14.2 Å². The van der Waals surface area contributed by atoms with Gasteiger partial charge in [0.1, 0.15) is 37.1 Å². The molecule has 2 heterocycles. The summed E-state index contributed by atoms with van der Waals surface area (Å²) in [5.41, 5.74) is 3.98. The van der Waals surface area contributed by atoms with Gasteiger partial charge in [0, 0.05) is 11.5 Å². The second-order valence-electron chi connectivity index (χ2n) is 7.77. The minimum atomic E-state index is 0.282. The molecule has 5 aromatic rings. The number of aromatic amines is 1. The Balaban J connectivity index is 1.17. The summed E-state index contributed by atoms with van der Waals surface area (Å²) in [4.78, 5) is 4.66. The van der Waals surface area contributed by atoms with Gasteiger partial charge in [-0.3, -0.25) is 0 Å². The maximum absolute atomic E-state index is 6.01. The number of aromatic nitrogens is 5. The molecule has 0 saturated heterocycles. The Morgan fingerprint density at radius 1 is 0.735 bits per heavy atom. The predicted octanol–water partition coefficient (Wildman–Crippen LogP) is 4.79. The molecule has 1 N–H and O–H groups in total. The van der Waals surface area contributed by atoms with Crippen LogP contribution in [0.4, 0.5) is 0 Å². The molecule has 0 unspecified atom stereocenters. The molecular formula is C26H23N5O3. The largest absolute Gasteiger partial charge is 0.489 e. The number of ether oxygens (including phenoxy) is 3. The van der Waals surface area contributed by atoms with Gasteiger partial charge < -0.3 is 14.2 Å². The SMILES string of the molecule is Cc1cc(OCc2nnn[nH]2)ccc1COc1cccc(OCc2ccc3ccccc3n2)c1. The molecule has 0 amide bonds. The van der Waals surface area contributed by atoms with Gasteiger partial charge in [-0.2, -0.15) is 0 Å². The molecule has 0 bridgehead atoms. The minimum absolute atomic E-state index is 0.282. The summed E-state index contributed by atoms with van der Waals surface area (Å²) >= 11 is 0. The van der Waals surface area contributed by atoms with Crippen LogP contribution in [0, 0.1) is 6.92 Å². The van der Waals surface area contributed by atoms with Crippen LogP contribution in [0.3, 0.4) is 0 Å². The maximum atomic E-state index is 6.01. The Labute approximate surface area is 196 Å². The third kappa shape index (κ3) is 5.29. The number of pyridine rings is 1. The Hall–Kier alpha value is -4.46. The fourth-order valence-corrected chi connectivity index (χ4v) is 3.47. The second-order valence-corrected chi connectivity index (χ2v) is 7.77. The summed E-state index contributed by atoms with van der Waals surface area (Å²) < 4.78 is 17.7. The zero-order valence-corrected chi connectivity index (χ0v) is 18.6. The lowest BCUT2D eigenvalue weighted by Crippen LogP contribution is -2.01. The zero-order chi connectivity index (χ0) is 23.2. The van der Waals surface area contributed by atoms with E-state index in [1.165, 1.54) is 0 Å². The number of H-pyrrole nitrogens is 1. The highest BCUT2D eigenvalue weighted by atomic mass is 16.5. The Morgan fingerprint density at radius 2 is 1.53 bits per heavy atom. The molecule has 0 spiro atoms. The highest BCUT2D eigenvalue weighted by molar-refractivity contribution is 5.78. The molecule has 0 saturated carbocycles. The average molecular weight is 454 g/mol. The third-order valence-corrected chi connectivity index (χ3v) is 5.32. The first kappa shape index (κ1) is 21.4. The monoisotopic (exact) mass is 453 g/mol. The summed E-state index contributed by atoms with van der Waals surface area (Å²) in [6.45, 7) is 3.13. The highest BCUT2D eigenvalue weighted by Crippen LogP contribution is 2.24. The first-order chi connectivity index (χ1) is 16.7. The number of nitrogens with one attached hydrogen (secondary N) is 1. The summed E-state index contributed by atoms with van der Waals surface area (Å²) in [5, 5.41) is 14.7. The first-order valence-electron chi connectivity index (χ1n) is 10.9. The van der Waals surface area contributed by atoms with Gasteiger partial charge in [0.2, 0.25) is 0 Å². The molecule has 0 fully saturated rings.